The van der Waals surface area contributed by atoms with Crippen molar-refractivity contribution in [2.24, 2.45) is 5.92 Å². The van der Waals surface area contributed by atoms with Gasteiger partial charge in [0.15, 0.2) is 5.72 Å². The normalized spacial score (nSPS) is 21.4. The van der Waals surface area contributed by atoms with Crippen LogP contribution in [0.15, 0.2) is 30.3 Å². The maximum Gasteiger partial charge on any atom is 0.573 e. The molecule has 0 saturated heterocycles. The maximum atomic E-state index is 13.5. The topological polar surface area (TPSA) is 125 Å². The van der Waals surface area contributed by atoms with Crippen LogP contribution in [-0.2, 0) is 0 Å². The Morgan fingerprint density at radius 2 is 1.74 bits per heavy atom. The standard InChI is InChI=1S/C28H29F5N6O3S/c1-12-11-19-21(15(4)34-12)37-25(43-19)20-14(3)36-26(35-13(2)16-5-7-17(8-6-16)42-28(31,32)33)38-24(20)39-27(41)10-9-18(22(27)40)23(29)30/h5-8,11,13,18,22-23,40-41H,9-10H2,1-4H3,(H2,35,36,38,39). The van der Waals surface area contributed by atoms with Crippen LogP contribution >= 0.6 is 11.3 Å². The average molecular weight is 625 g/mol. The van der Waals surface area contributed by atoms with Crippen molar-refractivity contribution in [1.29, 1.82) is 0 Å². The summed E-state index contributed by atoms with van der Waals surface area (Å²) in [5.41, 5.74) is 1.53. The van der Waals surface area contributed by atoms with Gasteiger partial charge in [-0.1, -0.05) is 12.1 Å². The number of halogens is 5. The highest BCUT2D eigenvalue weighted by molar-refractivity contribution is 7.21. The van der Waals surface area contributed by atoms with E-state index in [0.717, 1.165) is 10.4 Å². The second-order valence-corrected chi connectivity index (χ2v) is 11.6. The van der Waals surface area contributed by atoms with Gasteiger partial charge in [0, 0.05) is 5.69 Å². The number of aliphatic hydroxyl groups is 2. The van der Waals surface area contributed by atoms with Gasteiger partial charge in [-0.2, -0.15) is 4.98 Å². The highest BCUT2D eigenvalue weighted by Crippen LogP contribution is 2.42. The Labute approximate surface area is 247 Å². The van der Waals surface area contributed by atoms with Gasteiger partial charge < -0.3 is 25.6 Å². The molecule has 1 aliphatic rings. The van der Waals surface area contributed by atoms with Gasteiger partial charge in [0.25, 0.3) is 0 Å². The van der Waals surface area contributed by atoms with E-state index in [9.17, 15) is 32.2 Å². The largest absolute Gasteiger partial charge is 0.573 e. The minimum atomic E-state index is -4.81. The van der Waals surface area contributed by atoms with E-state index in [-0.39, 0.29) is 30.4 Å². The van der Waals surface area contributed by atoms with Crippen LogP contribution in [0.2, 0.25) is 0 Å². The van der Waals surface area contributed by atoms with Gasteiger partial charge in [-0.05, 0) is 64.3 Å². The van der Waals surface area contributed by atoms with E-state index in [1.807, 2.05) is 19.9 Å². The van der Waals surface area contributed by atoms with Gasteiger partial charge in [-0.15, -0.1) is 24.5 Å². The first-order valence-corrected chi connectivity index (χ1v) is 14.2. The number of thiazole rings is 1. The second kappa shape index (κ2) is 11.4. The lowest BCUT2D eigenvalue weighted by Crippen LogP contribution is -2.48. The maximum absolute atomic E-state index is 13.5. The number of fused-ring (bicyclic) bond motifs is 1. The number of anilines is 2. The van der Waals surface area contributed by atoms with E-state index >= 15 is 0 Å². The smallest absolute Gasteiger partial charge is 0.406 e. The summed E-state index contributed by atoms with van der Waals surface area (Å²) in [7, 11) is 0. The average Bonchev–Trinajstić information content (AvgIpc) is 3.44. The number of hydrogen-bond donors (Lipinski definition) is 4. The molecule has 5 rings (SSSR count). The molecule has 3 heterocycles. The molecule has 43 heavy (non-hydrogen) atoms. The van der Waals surface area contributed by atoms with Crippen molar-refractivity contribution in [2.75, 3.05) is 10.6 Å². The zero-order valence-electron chi connectivity index (χ0n) is 23.5. The van der Waals surface area contributed by atoms with Crippen molar-refractivity contribution in [3.8, 4) is 16.3 Å². The van der Waals surface area contributed by atoms with E-state index in [1.54, 1.807) is 13.8 Å². The summed E-state index contributed by atoms with van der Waals surface area (Å²) in [5.74, 6) is -1.64. The molecule has 0 bridgehead atoms. The van der Waals surface area contributed by atoms with E-state index in [4.69, 9.17) is 4.98 Å². The van der Waals surface area contributed by atoms with Crippen molar-refractivity contribution in [2.45, 2.75) is 71.2 Å². The Bertz CT molecular complexity index is 1630. The van der Waals surface area contributed by atoms with Crippen molar-refractivity contribution in [3.05, 3.63) is 53.0 Å². The number of rotatable bonds is 8. The minimum absolute atomic E-state index is 0.0639. The number of ether oxygens (including phenoxy) is 1. The second-order valence-electron chi connectivity index (χ2n) is 10.6. The lowest BCUT2D eigenvalue weighted by Gasteiger charge is -2.31. The quantitative estimate of drug-likeness (QED) is 0.132. The first kappa shape index (κ1) is 30.8. The van der Waals surface area contributed by atoms with Crippen LogP contribution < -0.4 is 15.4 Å². The molecule has 1 aromatic carbocycles. The lowest BCUT2D eigenvalue weighted by atomic mass is 10.0. The molecule has 0 amide bonds. The Morgan fingerprint density at radius 1 is 1.05 bits per heavy atom. The molecule has 0 aliphatic heterocycles. The van der Waals surface area contributed by atoms with Gasteiger partial charge in [0.2, 0.25) is 12.4 Å². The minimum Gasteiger partial charge on any atom is -0.406 e. The SMILES string of the molecule is Cc1cc2sc(-c3c(C)nc(NC(C)c4ccc(OC(F)(F)F)cc4)nc3NC3(O)CCC(C(F)F)C3O)nc2c(C)n1. The number of aromatic nitrogens is 4. The number of aryl methyl sites for hydroxylation is 3. The third kappa shape index (κ3) is 6.48. The van der Waals surface area contributed by atoms with E-state index in [2.05, 4.69) is 30.3 Å². The van der Waals surface area contributed by atoms with Crippen LogP contribution in [0.3, 0.4) is 0 Å². The summed E-state index contributed by atoms with van der Waals surface area (Å²) >= 11 is 1.34. The number of benzene rings is 1. The van der Waals surface area contributed by atoms with Crippen LogP contribution in [0.25, 0.3) is 20.8 Å². The molecule has 9 nitrogen and oxygen atoms in total. The van der Waals surface area contributed by atoms with E-state index < -0.39 is 36.6 Å². The number of hydrogen-bond acceptors (Lipinski definition) is 10. The monoisotopic (exact) mass is 624 g/mol. The zero-order chi connectivity index (χ0) is 31.3. The predicted molar refractivity (Wildman–Crippen MR) is 151 cm³/mol. The Kier molecular flexibility index (Phi) is 8.17. The molecule has 3 aromatic heterocycles. The van der Waals surface area contributed by atoms with Gasteiger partial charge in [-0.3, -0.25) is 4.98 Å². The lowest BCUT2D eigenvalue weighted by molar-refractivity contribution is -0.274. The molecule has 230 valence electrons. The molecule has 4 atom stereocenters. The highest BCUT2D eigenvalue weighted by atomic mass is 32.1. The molecular formula is C28H29F5N6O3S. The molecule has 1 aliphatic carbocycles. The van der Waals surface area contributed by atoms with Gasteiger partial charge in [-0.25, -0.2) is 18.7 Å². The summed E-state index contributed by atoms with van der Waals surface area (Å²) in [4.78, 5) is 18.3. The van der Waals surface area contributed by atoms with E-state index in [1.165, 1.54) is 35.6 Å². The third-order valence-corrected chi connectivity index (χ3v) is 8.38. The summed E-state index contributed by atoms with van der Waals surface area (Å²) < 4.78 is 69.5. The summed E-state index contributed by atoms with van der Waals surface area (Å²) in [5, 5.41) is 28.3. The number of pyridine rings is 1. The first-order valence-electron chi connectivity index (χ1n) is 13.4. The van der Waals surface area contributed by atoms with Crippen LogP contribution in [0.5, 0.6) is 5.75 Å². The Morgan fingerprint density at radius 3 is 2.37 bits per heavy atom. The van der Waals surface area contributed by atoms with Crippen molar-refractivity contribution >= 4 is 33.3 Å². The van der Waals surface area contributed by atoms with E-state index in [0.29, 0.717) is 33.0 Å². The van der Waals surface area contributed by atoms with Crippen LogP contribution in [0.4, 0.5) is 33.7 Å². The van der Waals surface area contributed by atoms with Crippen molar-refractivity contribution < 1.29 is 36.9 Å². The number of aliphatic hydroxyl groups excluding tert-OH is 1. The third-order valence-electron chi connectivity index (χ3n) is 7.36. The van der Waals surface area contributed by atoms with Crippen molar-refractivity contribution in [3.63, 3.8) is 0 Å². The van der Waals surface area contributed by atoms with Crippen LogP contribution in [-0.4, -0.2) is 54.8 Å². The number of nitrogens with zero attached hydrogens (tertiary/aromatic N) is 4. The highest BCUT2D eigenvalue weighted by Gasteiger charge is 2.50. The molecule has 1 fully saturated rings. The zero-order valence-corrected chi connectivity index (χ0v) is 24.3. The predicted octanol–water partition coefficient (Wildman–Crippen LogP) is 6.28. The molecule has 1 saturated carbocycles. The van der Waals surface area contributed by atoms with Gasteiger partial charge in [0.1, 0.15) is 28.2 Å². The summed E-state index contributed by atoms with van der Waals surface area (Å²) in [6.45, 7) is 7.13. The molecule has 4 aromatic rings. The molecule has 0 radical (unpaired) electrons. The number of nitrogens with one attached hydrogen (secondary N) is 2. The fraction of sp³-hybridized carbons (Fsp3) is 0.429. The van der Waals surface area contributed by atoms with Crippen LogP contribution in [0, 0.1) is 26.7 Å². The molecule has 15 heteroatoms. The Balaban J connectivity index is 1.52. The molecular weight excluding hydrogens is 595 g/mol. The van der Waals surface area contributed by atoms with Gasteiger partial charge >= 0.3 is 6.36 Å². The summed E-state index contributed by atoms with van der Waals surface area (Å²) in [6, 6.07) is 6.69. The molecule has 0 spiro atoms. The molecule has 4 unspecified atom stereocenters. The molecule has 4 N–H and O–H groups in total. The number of alkyl halides is 5. The van der Waals surface area contributed by atoms with Crippen LogP contribution in [0.1, 0.15) is 48.5 Å². The van der Waals surface area contributed by atoms with Gasteiger partial charge in [0.05, 0.1) is 33.6 Å². The van der Waals surface area contributed by atoms with Crippen molar-refractivity contribution in [1.82, 2.24) is 19.9 Å². The fourth-order valence-corrected chi connectivity index (χ4v) is 6.42. The first-order chi connectivity index (χ1) is 20.1. The fourth-order valence-electron chi connectivity index (χ4n) is 5.21. The Hall–Kier alpha value is -3.69. The summed E-state index contributed by atoms with van der Waals surface area (Å²) in [6.07, 6.45) is -9.67.